The Morgan fingerprint density at radius 1 is 1.09 bits per heavy atom. The fraction of sp³-hybridized carbons (Fsp3) is 0.133. The van der Waals surface area contributed by atoms with Crippen molar-refractivity contribution < 1.29 is 8.42 Å². The zero-order valence-electron chi connectivity index (χ0n) is 12.2. The molecule has 0 saturated heterocycles. The van der Waals surface area contributed by atoms with Crippen molar-refractivity contribution in [3.63, 3.8) is 0 Å². The van der Waals surface area contributed by atoms with Crippen molar-refractivity contribution in [1.82, 2.24) is 24.9 Å². The number of nitrogens with zero attached hydrogens (tertiary/aromatic N) is 3. The largest absolute Gasteiger partial charge is 0.263 e. The fourth-order valence-electron chi connectivity index (χ4n) is 2.02. The highest BCUT2D eigenvalue weighted by Gasteiger charge is 2.13. The van der Waals surface area contributed by atoms with Gasteiger partial charge in [0.2, 0.25) is 10.0 Å². The van der Waals surface area contributed by atoms with Crippen LogP contribution in [-0.2, 0) is 16.4 Å². The van der Waals surface area contributed by atoms with E-state index < -0.39 is 10.0 Å². The van der Waals surface area contributed by atoms with Gasteiger partial charge >= 0.3 is 0 Å². The van der Waals surface area contributed by atoms with Gasteiger partial charge in [0.05, 0.1) is 0 Å². The number of rotatable bonds is 6. The Morgan fingerprint density at radius 2 is 1.91 bits per heavy atom. The summed E-state index contributed by atoms with van der Waals surface area (Å²) in [6.45, 7) is 0.223. The lowest BCUT2D eigenvalue weighted by Gasteiger charge is -2.04. The summed E-state index contributed by atoms with van der Waals surface area (Å²) >= 11 is 0. The van der Waals surface area contributed by atoms with Crippen molar-refractivity contribution in [3.05, 3.63) is 60.7 Å². The lowest BCUT2D eigenvalue weighted by atomic mass is 10.2. The predicted molar refractivity (Wildman–Crippen MR) is 84.9 cm³/mol. The van der Waals surface area contributed by atoms with Gasteiger partial charge in [-0.1, -0.05) is 30.3 Å². The summed E-state index contributed by atoms with van der Waals surface area (Å²) in [7, 11) is -3.55. The number of nitrogens with one attached hydrogen (secondary N) is 2. The van der Waals surface area contributed by atoms with Crippen molar-refractivity contribution in [2.45, 2.75) is 11.3 Å². The molecule has 0 amide bonds. The van der Waals surface area contributed by atoms with Crippen LogP contribution in [0.2, 0.25) is 0 Å². The third-order valence-corrected chi connectivity index (χ3v) is 4.61. The zero-order valence-corrected chi connectivity index (χ0v) is 13.0. The van der Waals surface area contributed by atoms with Gasteiger partial charge in [-0.3, -0.25) is 10.1 Å². The van der Waals surface area contributed by atoms with Gasteiger partial charge in [0.1, 0.15) is 10.7 Å². The molecule has 0 bridgehead atoms. The van der Waals surface area contributed by atoms with Crippen molar-refractivity contribution in [2.24, 2.45) is 0 Å². The molecule has 2 N–H and O–H groups in total. The highest BCUT2D eigenvalue weighted by Crippen LogP contribution is 2.13. The minimum absolute atomic E-state index is 0.141. The highest BCUT2D eigenvalue weighted by molar-refractivity contribution is 7.89. The van der Waals surface area contributed by atoms with Gasteiger partial charge < -0.3 is 0 Å². The molecular formula is C15H15N5O2S. The normalized spacial score (nSPS) is 11.5. The van der Waals surface area contributed by atoms with Crippen LogP contribution in [0.4, 0.5) is 0 Å². The molecule has 3 rings (SSSR count). The molecule has 0 atom stereocenters. The first-order chi connectivity index (χ1) is 11.1. The van der Waals surface area contributed by atoms with Crippen LogP contribution in [0.5, 0.6) is 0 Å². The lowest BCUT2D eigenvalue weighted by molar-refractivity contribution is 0.580. The first kappa shape index (κ1) is 15.3. The minimum atomic E-state index is -3.55. The molecule has 0 saturated carbocycles. The summed E-state index contributed by atoms with van der Waals surface area (Å²) < 4.78 is 26.6. The summed E-state index contributed by atoms with van der Waals surface area (Å²) in [5.74, 6) is 1.22. The summed E-state index contributed by atoms with van der Waals surface area (Å²) in [5.41, 5.74) is 0.908. The van der Waals surface area contributed by atoms with Crippen LogP contribution >= 0.6 is 0 Å². The van der Waals surface area contributed by atoms with Gasteiger partial charge in [0.25, 0.3) is 0 Å². The Kier molecular flexibility index (Phi) is 4.45. The molecule has 3 aromatic rings. The first-order valence-electron chi connectivity index (χ1n) is 7.01. The van der Waals surface area contributed by atoms with E-state index in [0.717, 1.165) is 5.56 Å². The maximum absolute atomic E-state index is 12.1. The zero-order chi connectivity index (χ0) is 16.1. The van der Waals surface area contributed by atoms with Gasteiger partial charge in [-0.2, -0.15) is 5.10 Å². The Labute approximate surface area is 133 Å². The second-order valence-corrected chi connectivity index (χ2v) is 6.58. The molecule has 1 aromatic carbocycles. The van der Waals surface area contributed by atoms with Gasteiger partial charge in [0.15, 0.2) is 5.82 Å². The van der Waals surface area contributed by atoms with Crippen LogP contribution in [0, 0.1) is 0 Å². The molecule has 0 aliphatic rings. The molecule has 8 heteroatoms. The van der Waals surface area contributed by atoms with Gasteiger partial charge in [-0.05, 0) is 12.1 Å². The molecule has 0 radical (unpaired) electrons. The second-order valence-electron chi connectivity index (χ2n) is 4.81. The third kappa shape index (κ3) is 3.79. The molecule has 118 valence electrons. The SMILES string of the molecule is O=S(=O)(NCCc1nc(-c2ccccc2)n[nH]1)c1cccnc1. The second kappa shape index (κ2) is 6.67. The van der Waals surface area contributed by atoms with Crippen LogP contribution in [0.25, 0.3) is 11.4 Å². The Hall–Kier alpha value is -2.58. The molecular weight excluding hydrogens is 314 g/mol. The number of hydrogen-bond acceptors (Lipinski definition) is 5. The minimum Gasteiger partial charge on any atom is -0.263 e. The quantitative estimate of drug-likeness (QED) is 0.712. The molecule has 0 unspecified atom stereocenters. The summed E-state index contributed by atoms with van der Waals surface area (Å²) in [4.78, 5) is 8.31. The number of aromatic amines is 1. The van der Waals surface area contributed by atoms with E-state index in [2.05, 4.69) is 24.9 Å². The van der Waals surface area contributed by atoms with E-state index in [1.807, 2.05) is 30.3 Å². The summed E-state index contributed by atoms with van der Waals surface area (Å²) in [6, 6.07) is 12.6. The molecule has 0 spiro atoms. The summed E-state index contributed by atoms with van der Waals surface area (Å²) in [5, 5.41) is 6.96. The molecule has 0 fully saturated rings. The van der Waals surface area contributed by atoms with E-state index >= 15 is 0 Å². The molecule has 2 aromatic heterocycles. The van der Waals surface area contributed by atoms with E-state index in [1.54, 1.807) is 6.07 Å². The van der Waals surface area contributed by atoms with Crippen LogP contribution in [0.1, 0.15) is 5.82 Å². The standard InChI is InChI=1S/C15H15N5O2S/c21-23(22,13-7-4-9-16-11-13)17-10-8-14-18-15(20-19-14)12-5-2-1-3-6-12/h1-7,9,11,17H,8,10H2,(H,18,19,20). The van der Waals surface area contributed by atoms with E-state index in [1.165, 1.54) is 18.5 Å². The van der Waals surface area contributed by atoms with Crippen molar-refractivity contribution in [3.8, 4) is 11.4 Å². The number of benzene rings is 1. The smallest absolute Gasteiger partial charge is 0.242 e. The predicted octanol–water partition coefficient (Wildman–Crippen LogP) is 1.39. The van der Waals surface area contributed by atoms with Crippen LogP contribution in [-0.4, -0.2) is 35.1 Å². The Balaban J connectivity index is 1.61. The molecule has 0 aliphatic heterocycles. The highest BCUT2D eigenvalue weighted by atomic mass is 32.2. The molecule has 23 heavy (non-hydrogen) atoms. The van der Waals surface area contributed by atoms with E-state index in [9.17, 15) is 8.42 Å². The van der Waals surface area contributed by atoms with Crippen LogP contribution < -0.4 is 4.72 Å². The van der Waals surface area contributed by atoms with Crippen molar-refractivity contribution in [2.75, 3.05) is 6.54 Å². The maximum Gasteiger partial charge on any atom is 0.242 e. The fourth-order valence-corrected chi connectivity index (χ4v) is 3.01. The van der Waals surface area contributed by atoms with Gasteiger partial charge in [0, 0.05) is 30.9 Å². The third-order valence-electron chi connectivity index (χ3n) is 3.16. The van der Waals surface area contributed by atoms with Crippen molar-refractivity contribution >= 4 is 10.0 Å². The molecule has 0 aliphatic carbocycles. The number of aromatic nitrogens is 4. The van der Waals surface area contributed by atoms with E-state index in [0.29, 0.717) is 18.1 Å². The van der Waals surface area contributed by atoms with Crippen molar-refractivity contribution in [1.29, 1.82) is 0 Å². The number of hydrogen-bond donors (Lipinski definition) is 2. The topological polar surface area (TPSA) is 101 Å². The average Bonchev–Trinajstić information content (AvgIpc) is 3.05. The number of H-pyrrole nitrogens is 1. The van der Waals surface area contributed by atoms with Gasteiger partial charge in [-0.25, -0.2) is 18.1 Å². The summed E-state index contributed by atoms with van der Waals surface area (Å²) in [6.07, 6.45) is 3.25. The molecule has 2 heterocycles. The van der Waals surface area contributed by atoms with Crippen LogP contribution in [0.3, 0.4) is 0 Å². The van der Waals surface area contributed by atoms with E-state index in [4.69, 9.17) is 0 Å². The first-order valence-corrected chi connectivity index (χ1v) is 8.50. The maximum atomic E-state index is 12.1. The number of pyridine rings is 1. The number of sulfonamides is 1. The molecule has 7 nitrogen and oxygen atoms in total. The van der Waals surface area contributed by atoms with E-state index in [-0.39, 0.29) is 11.4 Å². The average molecular weight is 329 g/mol. The van der Waals surface area contributed by atoms with Crippen LogP contribution in [0.15, 0.2) is 59.8 Å². The van der Waals surface area contributed by atoms with Gasteiger partial charge in [-0.15, -0.1) is 0 Å². The lowest BCUT2D eigenvalue weighted by Crippen LogP contribution is -2.26. The Bertz CT molecular complexity index is 863. The Morgan fingerprint density at radius 3 is 2.65 bits per heavy atom. The monoisotopic (exact) mass is 329 g/mol.